The first kappa shape index (κ1) is 12.6. The first-order chi connectivity index (χ1) is 6.70. The lowest BCUT2D eigenvalue weighted by Crippen LogP contribution is -2.30. The molecule has 0 radical (unpaired) electrons. The molecular weight excluding hydrogens is 178 g/mol. The summed E-state index contributed by atoms with van der Waals surface area (Å²) in [5.74, 6) is -0.182. The third-order valence-electron chi connectivity index (χ3n) is 1.22. The fourth-order valence-corrected chi connectivity index (χ4v) is 0.759. The van der Waals surface area contributed by atoms with E-state index in [0.29, 0.717) is 5.69 Å². The minimum absolute atomic E-state index is 0.125. The molecule has 0 atom stereocenters. The zero-order valence-electron chi connectivity index (χ0n) is 9.11. The summed E-state index contributed by atoms with van der Waals surface area (Å²) >= 11 is 0. The Bertz CT molecular complexity index is 259. The van der Waals surface area contributed by atoms with E-state index in [0.717, 1.165) is 0 Å². The fourth-order valence-electron chi connectivity index (χ4n) is 0.759. The average Bonchev–Trinajstić information content (AvgIpc) is 2.21. The molecule has 1 amide bonds. The number of carbonyl (C=O) groups is 1. The van der Waals surface area contributed by atoms with Gasteiger partial charge in [-0.2, -0.15) is 5.10 Å². The summed E-state index contributed by atoms with van der Waals surface area (Å²) in [5, 5.41) is 9.99. The maximum atomic E-state index is 11.2. The van der Waals surface area contributed by atoms with E-state index in [2.05, 4.69) is 15.5 Å². The van der Waals surface area contributed by atoms with Crippen LogP contribution in [0, 0.1) is 0 Å². The first-order valence-corrected chi connectivity index (χ1v) is 4.78. The van der Waals surface area contributed by atoms with Gasteiger partial charge in [0.15, 0.2) is 5.69 Å². The molecule has 0 saturated heterocycles. The van der Waals surface area contributed by atoms with Crippen LogP contribution < -0.4 is 5.32 Å². The smallest absolute Gasteiger partial charge is 0.271 e. The van der Waals surface area contributed by atoms with E-state index in [1.807, 2.05) is 27.7 Å². The van der Waals surface area contributed by atoms with E-state index >= 15 is 0 Å². The Labute approximate surface area is 84.7 Å². The Balaban J connectivity index is 0.000000791. The van der Waals surface area contributed by atoms with Crippen molar-refractivity contribution in [1.29, 1.82) is 0 Å². The van der Waals surface area contributed by atoms with E-state index in [4.69, 9.17) is 0 Å². The van der Waals surface area contributed by atoms with Crippen molar-refractivity contribution < 1.29 is 4.79 Å². The van der Waals surface area contributed by atoms with Gasteiger partial charge >= 0.3 is 0 Å². The van der Waals surface area contributed by atoms with Gasteiger partial charge in [0, 0.05) is 12.2 Å². The Morgan fingerprint density at radius 3 is 2.50 bits per heavy atom. The van der Waals surface area contributed by atoms with E-state index in [1.54, 1.807) is 12.1 Å². The molecule has 1 heterocycles. The minimum Gasteiger partial charge on any atom is -0.348 e. The second kappa shape index (κ2) is 7.00. The molecule has 1 N–H and O–H groups in total. The molecule has 14 heavy (non-hydrogen) atoms. The van der Waals surface area contributed by atoms with Crippen LogP contribution in [-0.4, -0.2) is 22.1 Å². The van der Waals surface area contributed by atoms with E-state index < -0.39 is 0 Å². The first-order valence-electron chi connectivity index (χ1n) is 4.78. The number of carbonyl (C=O) groups excluding carboxylic acids is 1. The molecule has 4 heteroatoms. The van der Waals surface area contributed by atoms with Gasteiger partial charge in [-0.15, -0.1) is 5.10 Å². The zero-order chi connectivity index (χ0) is 11.0. The van der Waals surface area contributed by atoms with Crippen LogP contribution in [0.5, 0.6) is 0 Å². The molecule has 0 saturated carbocycles. The number of hydrogen-bond donors (Lipinski definition) is 1. The average molecular weight is 195 g/mol. The Morgan fingerprint density at radius 1 is 1.43 bits per heavy atom. The number of rotatable bonds is 2. The van der Waals surface area contributed by atoms with Gasteiger partial charge in [-0.25, -0.2) is 0 Å². The topological polar surface area (TPSA) is 54.9 Å². The number of aromatic nitrogens is 2. The summed E-state index contributed by atoms with van der Waals surface area (Å²) < 4.78 is 0. The maximum Gasteiger partial charge on any atom is 0.271 e. The van der Waals surface area contributed by atoms with Gasteiger partial charge < -0.3 is 5.32 Å². The molecule has 0 bridgehead atoms. The van der Waals surface area contributed by atoms with E-state index in [-0.39, 0.29) is 11.9 Å². The molecule has 0 aliphatic rings. The van der Waals surface area contributed by atoms with Crippen LogP contribution in [0.1, 0.15) is 38.2 Å². The predicted octanol–water partition coefficient (Wildman–Crippen LogP) is 1.64. The molecular formula is C10H17N3O. The van der Waals surface area contributed by atoms with Crippen LogP contribution in [0.3, 0.4) is 0 Å². The molecule has 4 nitrogen and oxygen atoms in total. The Kier molecular flexibility index (Phi) is 6.28. The van der Waals surface area contributed by atoms with Crippen molar-refractivity contribution in [3.05, 3.63) is 24.0 Å². The van der Waals surface area contributed by atoms with Gasteiger partial charge in [0.25, 0.3) is 5.91 Å². The van der Waals surface area contributed by atoms with Gasteiger partial charge in [-0.3, -0.25) is 4.79 Å². The lowest BCUT2D eigenvalue weighted by Gasteiger charge is -2.05. The van der Waals surface area contributed by atoms with Gasteiger partial charge in [-0.1, -0.05) is 13.8 Å². The van der Waals surface area contributed by atoms with Crippen LogP contribution >= 0.6 is 0 Å². The highest BCUT2D eigenvalue weighted by atomic mass is 16.1. The summed E-state index contributed by atoms with van der Waals surface area (Å²) in [5.41, 5.74) is 0.353. The third-order valence-corrected chi connectivity index (χ3v) is 1.22. The summed E-state index contributed by atoms with van der Waals surface area (Å²) in [7, 11) is 0. The Morgan fingerprint density at radius 2 is 2.07 bits per heavy atom. The lowest BCUT2D eigenvalue weighted by molar-refractivity contribution is 0.0937. The number of nitrogens with zero attached hydrogens (tertiary/aromatic N) is 2. The number of hydrogen-bond acceptors (Lipinski definition) is 3. The van der Waals surface area contributed by atoms with E-state index in [1.165, 1.54) is 6.20 Å². The summed E-state index contributed by atoms with van der Waals surface area (Å²) in [4.78, 5) is 11.2. The fraction of sp³-hybridized carbons (Fsp3) is 0.500. The predicted molar refractivity (Wildman–Crippen MR) is 56.0 cm³/mol. The maximum absolute atomic E-state index is 11.2. The lowest BCUT2D eigenvalue weighted by atomic mass is 10.3. The standard InChI is InChI=1S/C8H11N3O.C2H6/c1-6(2)10-8(12)7-4-3-5-9-11-7;1-2/h3-6H,1-2H3,(H,10,12);1-2H3. The van der Waals surface area contributed by atoms with Crippen molar-refractivity contribution in [3.8, 4) is 0 Å². The third kappa shape index (κ3) is 4.54. The van der Waals surface area contributed by atoms with Crippen LogP contribution in [-0.2, 0) is 0 Å². The van der Waals surface area contributed by atoms with Crippen molar-refractivity contribution in [2.24, 2.45) is 0 Å². The molecule has 1 rings (SSSR count). The summed E-state index contributed by atoms with van der Waals surface area (Å²) in [6.07, 6.45) is 1.53. The molecule has 0 aromatic carbocycles. The normalized spacial score (nSPS) is 8.93. The van der Waals surface area contributed by atoms with Gasteiger partial charge in [0.05, 0.1) is 0 Å². The monoisotopic (exact) mass is 195 g/mol. The highest BCUT2D eigenvalue weighted by Gasteiger charge is 2.06. The zero-order valence-corrected chi connectivity index (χ0v) is 9.11. The summed E-state index contributed by atoms with van der Waals surface area (Å²) in [6.45, 7) is 7.79. The van der Waals surface area contributed by atoms with Crippen molar-refractivity contribution in [2.75, 3.05) is 0 Å². The van der Waals surface area contributed by atoms with Crippen molar-refractivity contribution in [2.45, 2.75) is 33.7 Å². The van der Waals surface area contributed by atoms with Crippen LogP contribution in [0.25, 0.3) is 0 Å². The molecule has 1 aromatic heterocycles. The number of nitrogens with one attached hydrogen (secondary N) is 1. The van der Waals surface area contributed by atoms with Crippen molar-refractivity contribution in [3.63, 3.8) is 0 Å². The van der Waals surface area contributed by atoms with E-state index in [9.17, 15) is 4.79 Å². The van der Waals surface area contributed by atoms with Crippen LogP contribution in [0.4, 0.5) is 0 Å². The second-order valence-electron chi connectivity index (χ2n) is 2.74. The SMILES string of the molecule is CC.CC(C)NC(=O)c1cccnn1. The molecule has 0 aliphatic heterocycles. The van der Waals surface area contributed by atoms with Gasteiger partial charge in [0.2, 0.25) is 0 Å². The molecule has 0 spiro atoms. The Hall–Kier alpha value is -1.45. The van der Waals surface area contributed by atoms with Crippen LogP contribution in [0.15, 0.2) is 18.3 Å². The molecule has 1 aromatic rings. The highest BCUT2D eigenvalue weighted by molar-refractivity contribution is 5.92. The largest absolute Gasteiger partial charge is 0.348 e. The molecule has 78 valence electrons. The van der Waals surface area contributed by atoms with Crippen molar-refractivity contribution in [1.82, 2.24) is 15.5 Å². The minimum atomic E-state index is -0.182. The van der Waals surface area contributed by atoms with Gasteiger partial charge in [-0.05, 0) is 26.0 Å². The molecule has 0 unspecified atom stereocenters. The quantitative estimate of drug-likeness (QED) is 0.780. The van der Waals surface area contributed by atoms with Crippen LogP contribution in [0.2, 0.25) is 0 Å². The molecule has 0 fully saturated rings. The second-order valence-corrected chi connectivity index (χ2v) is 2.74. The highest BCUT2D eigenvalue weighted by Crippen LogP contribution is 1.91. The summed E-state index contributed by atoms with van der Waals surface area (Å²) in [6, 6.07) is 3.44. The van der Waals surface area contributed by atoms with Gasteiger partial charge in [0.1, 0.15) is 0 Å². The van der Waals surface area contributed by atoms with Crippen molar-refractivity contribution >= 4 is 5.91 Å². The number of amides is 1. The molecule has 0 aliphatic carbocycles.